The van der Waals surface area contributed by atoms with Crippen LogP contribution in [-0.4, -0.2) is 43.4 Å². The highest BCUT2D eigenvalue weighted by atomic mass is 32.2. The van der Waals surface area contributed by atoms with Crippen LogP contribution in [0.5, 0.6) is 0 Å². The lowest BCUT2D eigenvalue weighted by Crippen LogP contribution is -2.43. The number of carbonyl (C=O) groups is 2. The van der Waals surface area contributed by atoms with Crippen molar-refractivity contribution in [1.29, 1.82) is 10.5 Å². The van der Waals surface area contributed by atoms with Crippen molar-refractivity contribution in [2.75, 3.05) is 6.54 Å². The zero-order valence-electron chi connectivity index (χ0n) is 32.0. The Hall–Kier alpha value is -3.16. The second kappa shape index (κ2) is 18.9. The summed E-state index contributed by atoms with van der Waals surface area (Å²) in [6.45, 7) is 7.15. The van der Waals surface area contributed by atoms with Gasteiger partial charge in [-0.2, -0.15) is 10.5 Å². The number of nitrogens with one attached hydrogen (secondary N) is 2. The molecule has 4 aliphatic rings. The fraction of sp³-hybridized carbons (Fsp3) is 0.535. The number of rotatable bonds is 19. The monoisotopic (exact) mass is 816 g/mol. The Morgan fingerprint density at radius 2 is 1.29 bits per heavy atom. The first-order chi connectivity index (χ1) is 26.6. The molecule has 4 bridgehead atoms. The third-order valence-electron chi connectivity index (χ3n) is 10.9. The lowest BCUT2D eigenvalue weighted by atomic mass is 9.78. The van der Waals surface area contributed by atoms with Gasteiger partial charge in [-0.15, -0.1) is 47.0 Å². The van der Waals surface area contributed by atoms with Gasteiger partial charge in [0.05, 0.1) is 12.1 Å². The predicted molar refractivity (Wildman–Crippen MR) is 227 cm³/mol. The van der Waals surface area contributed by atoms with Gasteiger partial charge >= 0.3 is 12.2 Å². The molecule has 2 aromatic carbocycles. The number of ether oxygens (including phenoxy) is 2. The van der Waals surface area contributed by atoms with Crippen LogP contribution in [0.15, 0.2) is 72.8 Å². The molecule has 8 atom stereocenters. The molecule has 0 saturated carbocycles. The SMILES string of the molecule is CCCC(CC(C)(CCC)CNC(=O)OCc1ccc(CSC2(C#N)SC3C=CC2C3)cc1)NC(=O)OCc1ccc(CSC2(C#N)SC3C=CC2C3)cc1. The number of allylic oxidation sites excluding steroid dienone is 2. The fourth-order valence-electron chi connectivity index (χ4n) is 7.98. The van der Waals surface area contributed by atoms with Gasteiger partial charge in [0.2, 0.25) is 0 Å². The standard InChI is InChI=1S/C43H52N4O4S4/c1-4-6-36(47-40(49)51-24-31-9-13-33(14-10-31)26-53-43(28-45)35-16-18-38(21-35)55-43)22-41(3,19-5-2)29-46-39(48)50-23-30-7-11-32(12-8-30)25-52-42(27-44)34-15-17-37(20-34)54-42/h7-18,34-38H,4-6,19-26,29H2,1-3H3,(H,46,48)(H,47,49). The molecule has 2 fully saturated rings. The van der Waals surface area contributed by atoms with Gasteiger partial charge in [-0.05, 0) is 59.8 Å². The Morgan fingerprint density at radius 3 is 1.71 bits per heavy atom. The largest absolute Gasteiger partial charge is 0.445 e. The first-order valence-corrected chi connectivity index (χ1v) is 23.1. The molecule has 292 valence electrons. The molecular weight excluding hydrogens is 765 g/mol. The maximum Gasteiger partial charge on any atom is 0.407 e. The van der Waals surface area contributed by atoms with Crippen molar-refractivity contribution in [3.8, 4) is 12.1 Å². The summed E-state index contributed by atoms with van der Waals surface area (Å²) in [6, 6.07) is 21.2. The average Bonchev–Trinajstić information content (AvgIpc) is 4.01. The summed E-state index contributed by atoms with van der Waals surface area (Å²) >= 11 is 7.01. The Balaban J connectivity index is 0.909. The van der Waals surface area contributed by atoms with Gasteiger partial charge in [0.25, 0.3) is 0 Å². The minimum absolute atomic E-state index is 0.101. The molecule has 55 heavy (non-hydrogen) atoms. The van der Waals surface area contributed by atoms with Crippen LogP contribution in [0.2, 0.25) is 0 Å². The predicted octanol–water partition coefficient (Wildman–Crippen LogP) is 10.5. The number of thioether (sulfide) groups is 4. The van der Waals surface area contributed by atoms with Crippen LogP contribution in [0, 0.1) is 39.9 Å². The highest BCUT2D eigenvalue weighted by Crippen LogP contribution is 2.59. The Kier molecular flexibility index (Phi) is 14.2. The fourth-order valence-corrected chi connectivity index (χ4v) is 14.3. The summed E-state index contributed by atoms with van der Waals surface area (Å²) in [7, 11) is 0. The Morgan fingerprint density at radius 1 is 0.800 bits per heavy atom. The van der Waals surface area contributed by atoms with E-state index in [9.17, 15) is 20.1 Å². The second-order valence-corrected chi connectivity index (χ2v) is 21.4. The number of benzene rings is 2. The molecule has 12 heteroatoms. The van der Waals surface area contributed by atoms with Crippen LogP contribution in [0.4, 0.5) is 9.59 Å². The van der Waals surface area contributed by atoms with Crippen molar-refractivity contribution in [2.45, 2.75) is 115 Å². The van der Waals surface area contributed by atoms with Crippen LogP contribution in [-0.2, 0) is 34.2 Å². The zero-order chi connectivity index (χ0) is 38.9. The van der Waals surface area contributed by atoms with Gasteiger partial charge in [-0.1, -0.05) is 106 Å². The van der Waals surface area contributed by atoms with Crippen molar-refractivity contribution in [3.63, 3.8) is 0 Å². The molecule has 0 spiro atoms. The average molecular weight is 817 g/mol. The van der Waals surface area contributed by atoms with E-state index in [1.54, 1.807) is 47.0 Å². The summed E-state index contributed by atoms with van der Waals surface area (Å²) in [5.74, 6) is 2.16. The number of amides is 2. The number of hydrogen-bond acceptors (Lipinski definition) is 10. The zero-order valence-corrected chi connectivity index (χ0v) is 35.2. The van der Waals surface area contributed by atoms with E-state index in [2.05, 4.69) is 80.0 Å². The molecule has 8 unspecified atom stereocenters. The third kappa shape index (κ3) is 10.6. The molecule has 2 aliphatic heterocycles. The van der Waals surface area contributed by atoms with E-state index in [0.717, 1.165) is 72.3 Å². The lowest BCUT2D eigenvalue weighted by molar-refractivity contribution is 0.121. The highest BCUT2D eigenvalue weighted by molar-refractivity contribution is 8.19. The van der Waals surface area contributed by atoms with E-state index >= 15 is 0 Å². The molecule has 2 amide bonds. The van der Waals surface area contributed by atoms with Crippen molar-refractivity contribution < 1.29 is 19.1 Å². The molecule has 2 aliphatic carbocycles. The minimum Gasteiger partial charge on any atom is -0.445 e. The summed E-state index contributed by atoms with van der Waals surface area (Å²) in [5.41, 5.74) is 3.86. The van der Waals surface area contributed by atoms with Crippen LogP contribution in [0.1, 0.15) is 88.0 Å². The summed E-state index contributed by atoms with van der Waals surface area (Å²) in [6.07, 6.45) is 14.3. The summed E-state index contributed by atoms with van der Waals surface area (Å²) < 4.78 is 10.4. The Labute approximate surface area is 343 Å². The number of nitriles is 2. The van der Waals surface area contributed by atoms with Crippen molar-refractivity contribution in [3.05, 3.63) is 95.1 Å². The van der Waals surface area contributed by atoms with Crippen LogP contribution in [0.25, 0.3) is 0 Å². The maximum atomic E-state index is 13.0. The maximum absolute atomic E-state index is 13.0. The second-order valence-electron chi connectivity index (χ2n) is 15.4. The normalized spacial score (nSPS) is 27.2. The van der Waals surface area contributed by atoms with E-state index in [-0.39, 0.29) is 24.7 Å². The smallest absolute Gasteiger partial charge is 0.407 e. The van der Waals surface area contributed by atoms with E-state index in [1.165, 1.54) is 0 Å². The van der Waals surface area contributed by atoms with Crippen LogP contribution < -0.4 is 10.6 Å². The summed E-state index contributed by atoms with van der Waals surface area (Å²) in [5, 5.41) is 26.8. The topological polar surface area (TPSA) is 124 Å². The van der Waals surface area contributed by atoms with E-state index in [1.807, 2.05) is 36.4 Å². The molecule has 6 rings (SSSR count). The van der Waals surface area contributed by atoms with Gasteiger partial charge in [0, 0.05) is 46.4 Å². The van der Waals surface area contributed by atoms with Gasteiger partial charge in [0.15, 0.2) is 8.16 Å². The van der Waals surface area contributed by atoms with Gasteiger partial charge in [-0.3, -0.25) is 0 Å². The minimum atomic E-state index is -0.463. The quantitative estimate of drug-likeness (QED) is 0.132. The summed E-state index contributed by atoms with van der Waals surface area (Å²) in [4.78, 5) is 25.8. The van der Waals surface area contributed by atoms with Gasteiger partial charge in [-0.25, -0.2) is 9.59 Å². The number of hydrogen-bond donors (Lipinski definition) is 2. The highest BCUT2D eigenvalue weighted by Gasteiger charge is 2.51. The van der Waals surface area contributed by atoms with Crippen molar-refractivity contribution in [2.24, 2.45) is 17.3 Å². The molecule has 2 N–H and O–H groups in total. The molecule has 8 nitrogen and oxygen atoms in total. The van der Waals surface area contributed by atoms with Crippen molar-refractivity contribution >= 4 is 59.2 Å². The number of alkyl carbamates (subject to hydrolysis) is 2. The molecule has 2 aromatic rings. The molecule has 2 heterocycles. The lowest BCUT2D eigenvalue weighted by Gasteiger charge is -2.33. The van der Waals surface area contributed by atoms with E-state index < -0.39 is 20.3 Å². The van der Waals surface area contributed by atoms with Gasteiger partial charge < -0.3 is 20.1 Å². The molecular formula is C43H52N4O4S4. The number of fused-ring (bicyclic) bond motifs is 4. The first kappa shape index (κ1) is 41.5. The number of nitrogens with zero attached hydrogens (tertiary/aromatic N) is 2. The van der Waals surface area contributed by atoms with Crippen molar-refractivity contribution in [1.82, 2.24) is 10.6 Å². The van der Waals surface area contributed by atoms with Gasteiger partial charge in [0.1, 0.15) is 13.2 Å². The van der Waals surface area contributed by atoms with E-state index in [4.69, 9.17) is 9.47 Å². The molecule has 0 radical (unpaired) electrons. The first-order valence-electron chi connectivity index (χ1n) is 19.4. The van der Waals surface area contributed by atoms with Crippen LogP contribution >= 0.6 is 47.0 Å². The van der Waals surface area contributed by atoms with E-state index in [0.29, 0.717) is 35.3 Å². The van der Waals surface area contributed by atoms with Crippen LogP contribution in [0.3, 0.4) is 0 Å². The third-order valence-corrected chi connectivity index (χ3v) is 17.6. The number of carbonyl (C=O) groups excluding carboxylic acids is 2. The molecule has 0 aromatic heterocycles. The molecule has 2 saturated heterocycles. The Bertz CT molecular complexity index is 1790.